The Morgan fingerprint density at radius 2 is 0.690 bits per heavy atom. The van der Waals surface area contributed by atoms with E-state index < -0.39 is 0 Å². The minimum absolute atomic E-state index is 0.748. The molecule has 0 radical (unpaired) electrons. The van der Waals surface area contributed by atoms with Crippen molar-refractivity contribution in [3.05, 3.63) is 133 Å². The van der Waals surface area contributed by atoms with Crippen molar-refractivity contribution in [3.63, 3.8) is 0 Å². The number of nitrogens with two attached hydrogens (primary N) is 2. The highest BCUT2D eigenvalue weighted by molar-refractivity contribution is 7.19. The van der Waals surface area contributed by atoms with E-state index in [9.17, 15) is 0 Å². The van der Waals surface area contributed by atoms with Crippen LogP contribution >= 0.6 is 22.7 Å². The second-order valence-corrected chi connectivity index (χ2v) is 11.9. The number of hydrogen-bond acceptors (Lipinski definition) is 6. The van der Waals surface area contributed by atoms with E-state index in [2.05, 4.69) is 72.8 Å². The lowest BCUT2D eigenvalue weighted by Gasteiger charge is -2.03. The fourth-order valence-corrected chi connectivity index (χ4v) is 7.08. The van der Waals surface area contributed by atoms with Gasteiger partial charge in [-0.05, 0) is 35.4 Å². The number of anilines is 2. The standard InChI is InChI=1S/C36H26N4S2/c37-29-19-15-25(16-20-29)33-31(23-7-3-1-4-8-23)39-35(41-33)27-11-13-28(14-12-27)36-40-32(24-9-5-2-6-10-24)34(42-36)26-17-21-30(38)22-18-26/h1-22H,37-38H2. The molecule has 0 unspecified atom stereocenters. The van der Waals surface area contributed by atoms with E-state index in [1.165, 1.54) is 0 Å². The molecule has 0 bridgehead atoms. The maximum Gasteiger partial charge on any atom is 0.124 e. The Hall–Kier alpha value is -5.04. The lowest BCUT2D eigenvalue weighted by Crippen LogP contribution is -1.85. The maximum absolute atomic E-state index is 5.97. The minimum atomic E-state index is 0.748. The summed E-state index contributed by atoms with van der Waals surface area (Å²) < 4.78 is 0. The van der Waals surface area contributed by atoms with Gasteiger partial charge in [-0.3, -0.25) is 0 Å². The molecule has 4 N–H and O–H groups in total. The number of hydrogen-bond donors (Lipinski definition) is 2. The van der Waals surface area contributed by atoms with Gasteiger partial charge in [0, 0.05) is 33.6 Å². The van der Waals surface area contributed by atoms with Crippen molar-refractivity contribution in [3.8, 4) is 64.5 Å². The predicted octanol–water partition coefficient (Wildman–Crippen LogP) is 9.77. The molecule has 2 heterocycles. The van der Waals surface area contributed by atoms with Gasteiger partial charge in [0.05, 0.1) is 21.1 Å². The summed E-state index contributed by atoms with van der Waals surface area (Å²) in [5.74, 6) is 0. The van der Waals surface area contributed by atoms with E-state index in [-0.39, 0.29) is 0 Å². The molecular weight excluding hydrogens is 553 g/mol. The van der Waals surface area contributed by atoms with Gasteiger partial charge in [0.2, 0.25) is 0 Å². The first kappa shape index (κ1) is 25.9. The van der Waals surface area contributed by atoms with Crippen LogP contribution in [0.5, 0.6) is 0 Å². The Bertz CT molecular complexity index is 1810. The molecule has 0 spiro atoms. The minimum Gasteiger partial charge on any atom is -0.399 e. The summed E-state index contributed by atoms with van der Waals surface area (Å²) in [6.45, 7) is 0. The Labute approximate surface area is 252 Å². The molecule has 0 amide bonds. The number of thiazole rings is 2. The van der Waals surface area contributed by atoms with Gasteiger partial charge in [-0.25, -0.2) is 9.97 Å². The van der Waals surface area contributed by atoms with Crippen LogP contribution in [-0.2, 0) is 0 Å². The topological polar surface area (TPSA) is 77.8 Å². The van der Waals surface area contributed by atoms with Crippen molar-refractivity contribution >= 4 is 34.0 Å². The lowest BCUT2D eigenvalue weighted by molar-refractivity contribution is 1.39. The highest BCUT2D eigenvalue weighted by Gasteiger charge is 2.18. The molecule has 0 fully saturated rings. The van der Waals surface area contributed by atoms with Crippen molar-refractivity contribution in [2.45, 2.75) is 0 Å². The Kier molecular flexibility index (Phi) is 6.84. The van der Waals surface area contributed by atoms with Gasteiger partial charge in [0.15, 0.2) is 0 Å². The summed E-state index contributed by atoms with van der Waals surface area (Å²) in [4.78, 5) is 12.5. The number of aromatic nitrogens is 2. The first-order chi connectivity index (χ1) is 20.6. The van der Waals surface area contributed by atoms with Gasteiger partial charge < -0.3 is 11.5 Å². The molecule has 0 aliphatic rings. The van der Waals surface area contributed by atoms with Crippen LogP contribution in [0.2, 0.25) is 0 Å². The van der Waals surface area contributed by atoms with Crippen LogP contribution in [0, 0.1) is 0 Å². The predicted molar refractivity (Wildman–Crippen MR) is 179 cm³/mol. The molecule has 202 valence electrons. The van der Waals surface area contributed by atoms with E-state index in [1.807, 2.05) is 60.7 Å². The third kappa shape index (κ3) is 5.09. The van der Waals surface area contributed by atoms with Crippen molar-refractivity contribution < 1.29 is 0 Å². The lowest BCUT2D eigenvalue weighted by atomic mass is 10.1. The molecule has 2 aromatic heterocycles. The summed E-state index contributed by atoms with van der Waals surface area (Å²) in [5, 5.41) is 1.94. The zero-order valence-electron chi connectivity index (χ0n) is 22.6. The largest absolute Gasteiger partial charge is 0.399 e. The third-order valence-electron chi connectivity index (χ3n) is 7.07. The monoisotopic (exact) mass is 578 g/mol. The second kappa shape index (κ2) is 11.1. The average molecular weight is 579 g/mol. The fraction of sp³-hybridized carbons (Fsp3) is 0. The smallest absolute Gasteiger partial charge is 0.124 e. The highest BCUT2D eigenvalue weighted by Crippen LogP contribution is 2.43. The van der Waals surface area contributed by atoms with Gasteiger partial charge in [0.1, 0.15) is 10.0 Å². The van der Waals surface area contributed by atoms with Crippen LogP contribution in [-0.4, -0.2) is 9.97 Å². The van der Waals surface area contributed by atoms with Crippen molar-refractivity contribution in [2.24, 2.45) is 0 Å². The Morgan fingerprint density at radius 3 is 1.05 bits per heavy atom. The summed E-state index contributed by atoms with van der Waals surface area (Å²) >= 11 is 3.39. The molecule has 42 heavy (non-hydrogen) atoms. The molecule has 7 aromatic rings. The third-order valence-corrected chi connectivity index (χ3v) is 9.38. The number of benzene rings is 5. The average Bonchev–Trinajstić information content (AvgIpc) is 3.69. The van der Waals surface area contributed by atoms with Gasteiger partial charge in [-0.2, -0.15) is 0 Å². The molecular formula is C36H26N4S2. The molecule has 0 aliphatic heterocycles. The van der Waals surface area contributed by atoms with E-state index in [0.29, 0.717) is 0 Å². The maximum atomic E-state index is 5.97. The summed E-state index contributed by atoms with van der Waals surface area (Å²) in [6, 6.07) is 45.2. The van der Waals surface area contributed by atoms with Crippen LogP contribution in [0.1, 0.15) is 0 Å². The molecule has 4 nitrogen and oxygen atoms in total. The van der Waals surface area contributed by atoms with E-state index in [0.717, 1.165) is 75.9 Å². The van der Waals surface area contributed by atoms with Crippen LogP contribution in [0.3, 0.4) is 0 Å². The van der Waals surface area contributed by atoms with Crippen LogP contribution in [0.25, 0.3) is 64.5 Å². The molecule has 5 aromatic carbocycles. The molecule has 7 rings (SSSR count). The van der Waals surface area contributed by atoms with E-state index in [4.69, 9.17) is 21.4 Å². The highest BCUT2D eigenvalue weighted by atomic mass is 32.1. The van der Waals surface area contributed by atoms with E-state index in [1.54, 1.807) is 22.7 Å². The van der Waals surface area contributed by atoms with Crippen molar-refractivity contribution in [1.82, 2.24) is 9.97 Å². The number of nitrogens with zero attached hydrogens (tertiary/aromatic N) is 2. The second-order valence-electron chi connectivity index (χ2n) is 9.95. The van der Waals surface area contributed by atoms with Gasteiger partial charge in [-0.1, -0.05) is 109 Å². The Morgan fingerprint density at radius 1 is 0.357 bits per heavy atom. The zero-order valence-corrected chi connectivity index (χ0v) is 24.2. The molecule has 0 atom stereocenters. The van der Waals surface area contributed by atoms with Gasteiger partial charge in [0.25, 0.3) is 0 Å². The zero-order chi connectivity index (χ0) is 28.5. The van der Waals surface area contributed by atoms with E-state index >= 15 is 0 Å². The van der Waals surface area contributed by atoms with Crippen molar-refractivity contribution in [2.75, 3.05) is 11.5 Å². The summed E-state index contributed by atoms with van der Waals surface area (Å²) in [7, 11) is 0. The normalized spacial score (nSPS) is 11.0. The fourth-order valence-electron chi connectivity index (χ4n) is 4.89. The van der Waals surface area contributed by atoms with Crippen LogP contribution in [0.15, 0.2) is 133 Å². The van der Waals surface area contributed by atoms with Gasteiger partial charge in [-0.15, -0.1) is 22.7 Å². The number of nitrogen functional groups attached to an aromatic ring is 2. The quantitative estimate of drug-likeness (QED) is 0.193. The van der Waals surface area contributed by atoms with Gasteiger partial charge >= 0.3 is 0 Å². The Balaban J connectivity index is 1.27. The van der Waals surface area contributed by atoms with Crippen LogP contribution < -0.4 is 11.5 Å². The van der Waals surface area contributed by atoms with Crippen LogP contribution in [0.4, 0.5) is 11.4 Å². The first-order valence-corrected chi connectivity index (χ1v) is 15.2. The summed E-state index contributed by atoms with van der Waals surface area (Å²) in [6.07, 6.45) is 0. The molecule has 6 heteroatoms. The number of rotatable bonds is 6. The summed E-state index contributed by atoms with van der Waals surface area (Å²) in [5.41, 5.74) is 21.9. The van der Waals surface area contributed by atoms with Crippen molar-refractivity contribution in [1.29, 1.82) is 0 Å². The SMILES string of the molecule is Nc1ccc(-c2sc(-c3ccc(-c4nc(-c5ccccc5)c(-c5ccc(N)cc5)s4)cc3)nc2-c2ccccc2)cc1. The molecule has 0 saturated heterocycles. The molecule has 0 saturated carbocycles. The first-order valence-electron chi connectivity index (χ1n) is 13.6. The molecule has 0 aliphatic carbocycles.